The molecule has 0 aliphatic carbocycles. The number of hydrogen-bond acceptors (Lipinski definition) is 3. The highest BCUT2D eigenvalue weighted by atomic mass is 16.5. The molecule has 1 fully saturated rings. The van der Waals surface area contributed by atoms with E-state index in [2.05, 4.69) is 6.92 Å². The van der Waals surface area contributed by atoms with Crippen molar-refractivity contribution in [3.05, 3.63) is 29.8 Å². The minimum Gasteiger partial charge on any atom is -0.497 e. The summed E-state index contributed by atoms with van der Waals surface area (Å²) in [6.07, 6.45) is 3.44. The summed E-state index contributed by atoms with van der Waals surface area (Å²) in [5.41, 5.74) is 6.99. The summed E-state index contributed by atoms with van der Waals surface area (Å²) in [6.45, 7) is 3.66. The largest absolute Gasteiger partial charge is 0.497 e. The SMILES string of the molecule is COc1ccc(CCC(=O)N2CCC(C)CC2CN)cc1. The number of ether oxygens (including phenoxy) is 1. The van der Waals surface area contributed by atoms with Gasteiger partial charge in [-0.05, 0) is 42.9 Å². The number of methoxy groups -OCH3 is 1. The second-order valence-corrected chi connectivity index (χ2v) is 5.95. The van der Waals surface area contributed by atoms with Crippen LogP contribution in [0, 0.1) is 5.92 Å². The van der Waals surface area contributed by atoms with Gasteiger partial charge in [0.05, 0.1) is 7.11 Å². The van der Waals surface area contributed by atoms with Gasteiger partial charge in [0.15, 0.2) is 0 Å². The van der Waals surface area contributed by atoms with Gasteiger partial charge in [0.25, 0.3) is 0 Å². The van der Waals surface area contributed by atoms with E-state index in [0.717, 1.165) is 31.6 Å². The molecule has 1 saturated heterocycles. The number of aryl methyl sites for hydroxylation is 1. The minimum atomic E-state index is 0.220. The first kappa shape index (κ1) is 15.8. The first-order valence-electron chi connectivity index (χ1n) is 7.76. The van der Waals surface area contributed by atoms with Crippen molar-refractivity contribution in [1.82, 2.24) is 4.90 Å². The van der Waals surface area contributed by atoms with Crippen molar-refractivity contribution < 1.29 is 9.53 Å². The zero-order valence-electron chi connectivity index (χ0n) is 13.0. The summed E-state index contributed by atoms with van der Waals surface area (Å²) in [4.78, 5) is 14.4. The molecule has 0 radical (unpaired) electrons. The van der Waals surface area contributed by atoms with Gasteiger partial charge in [-0.25, -0.2) is 0 Å². The topological polar surface area (TPSA) is 55.6 Å². The molecule has 2 unspecified atom stereocenters. The molecule has 2 N–H and O–H groups in total. The van der Waals surface area contributed by atoms with Crippen LogP contribution in [0.5, 0.6) is 5.75 Å². The quantitative estimate of drug-likeness (QED) is 0.904. The van der Waals surface area contributed by atoms with E-state index in [0.29, 0.717) is 18.9 Å². The Hall–Kier alpha value is -1.55. The maximum absolute atomic E-state index is 12.4. The van der Waals surface area contributed by atoms with Crippen LogP contribution < -0.4 is 10.5 Å². The Morgan fingerprint density at radius 3 is 2.71 bits per heavy atom. The van der Waals surface area contributed by atoms with E-state index < -0.39 is 0 Å². The molecule has 1 heterocycles. The van der Waals surface area contributed by atoms with Crippen LogP contribution in [0.2, 0.25) is 0 Å². The molecule has 0 saturated carbocycles. The average molecular weight is 290 g/mol. The normalized spacial score (nSPS) is 22.1. The fraction of sp³-hybridized carbons (Fsp3) is 0.588. The third-order valence-corrected chi connectivity index (χ3v) is 4.36. The summed E-state index contributed by atoms with van der Waals surface area (Å²) in [6, 6.07) is 8.13. The molecule has 0 spiro atoms. The summed E-state index contributed by atoms with van der Waals surface area (Å²) in [7, 11) is 1.66. The van der Waals surface area contributed by atoms with E-state index in [9.17, 15) is 4.79 Å². The first-order valence-corrected chi connectivity index (χ1v) is 7.76. The number of carbonyl (C=O) groups is 1. The van der Waals surface area contributed by atoms with Crippen molar-refractivity contribution in [2.24, 2.45) is 11.7 Å². The van der Waals surface area contributed by atoms with Gasteiger partial charge in [0.2, 0.25) is 5.91 Å². The Morgan fingerprint density at radius 2 is 2.10 bits per heavy atom. The summed E-state index contributed by atoms with van der Waals surface area (Å²) < 4.78 is 5.14. The van der Waals surface area contributed by atoms with E-state index in [1.165, 1.54) is 5.56 Å². The summed E-state index contributed by atoms with van der Waals surface area (Å²) in [5.74, 6) is 1.75. The maximum Gasteiger partial charge on any atom is 0.223 e. The van der Waals surface area contributed by atoms with Crippen LogP contribution in [0.4, 0.5) is 0 Å². The third-order valence-electron chi connectivity index (χ3n) is 4.36. The fourth-order valence-corrected chi connectivity index (χ4v) is 2.99. The fourth-order valence-electron chi connectivity index (χ4n) is 2.99. The molecule has 1 aromatic carbocycles. The van der Waals surface area contributed by atoms with Gasteiger partial charge < -0.3 is 15.4 Å². The number of amides is 1. The predicted molar refractivity (Wildman–Crippen MR) is 84.3 cm³/mol. The number of rotatable bonds is 5. The molecule has 116 valence electrons. The van der Waals surface area contributed by atoms with Crippen LogP contribution in [-0.2, 0) is 11.2 Å². The Bertz CT molecular complexity index is 458. The van der Waals surface area contributed by atoms with Crippen molar-refractivity contribution in [3.63, 3.8) is 0 Å². The van der Waals surface area contributed by atoms with Gasteiger partial charge in [-0.3, -0.25) is 4.79 Å². The zero-order valence-corrected chi connectivity index (χ0v) is 13.0. The molecule has 4 nitrogen and oxygen atoms in total. The highest BCUT2D eigenvalue weighted by molar-refractivity contribution is 5.77. The number of nitrogens with two attached hydrogens (primary N) is 1. The monoisotopic (exact) mass is 290 g/mol. The van der Waals surface area contributed by atoms with E-state index in [4.69, 9.17) is 10.5 Å². The van der Waals surface area contributed by atoms with Crippen molar-refractivity contribution in [2.75, 3.05) is 20.2 Å². The zero-order chi connectivity index (χ0) is 15.2. The van der Waals surface area contributed by atoms with Crippen molar-refractivity contribution in [1.29, 1.82) is 0 Å². The Balaban J connectivity index is 1.88. The molecule has 4 heteroatoms. The number of nitrogens with zero attached hydrogens (tertiary/aromatic N) is 1. The lowest BCUT2D eigenvalue weighted by Gasteiger charge is -2.38. The standard InChI is InChI=1S/C17H26N2O2/c1-13-9-10-19(15(11-13)12-18)17(20)8-5-14-3-6-16(21-2)7-4-14/h3-4,6-7,13,15H,5,8-12,18H2,1-2H3. The van der Waals surface area contributed by atoms with Gasteiger partial charge >= 0.3 is 0 Å². The number of carbonyl (C=O) groups excluding carboxylic acids is 1. The number of piperidine rings is 1. The van der Waals surface area contributed by atoms with Crippen molar-refractivity contribution in [2.45, 2.75) is 38.6 Å². The molecular formula is C17H26N2O2. The highest BCUT2D eigenvalue weighted by Crippen LogP contribution is 2.23. The smallest absolute Gasteiger partial charge is 0.223 e. The second-order valence-electron chi connectivity index (χ2n) is 5.95. The highest BCUT2D eigenvalue weighted by Gasteiger charge is 2.28. The Kier molecular flexibility index (Phi) is 5.62. The van der Waals surface area contributed by atoms with Gasteiger partial charge in [-0.2, -0.15) is 0 Å². The molecule has 0 bridgehead atoms. The van der Waals surface area contributed by atoms with Crippen LogP contribution >= 0.6 is 0 Å². The lowest BCUT2D eigenvalue weighted by molar-refractivity contribution is -0.135. The minimum absolute atomic E-state index is 0.220. The van der Waals surface area contributed by atoms with E-state index in [1.54, 1.807) is 7.11 Å². The van der Waals surface area contributed by atoms with Crippen LogP contribution in [0.1, 0.15) is 31.7 Å². The van der Waals surface area contributed by atoms with E-state index in [-0.39, 0.29) is 11.9 Å². The molecule has 1 aliphatic rings. The molecule has 1 amide bonds. The molecule has 21 heavy (non-hydrogen) atoms. The van der Waals surface area contributed by atoms with E-state index >= 15 is 0 Å². The first-order chi connectivity index (χ1) is 10.1. The van der Waals surface area contributed by atoms with Crippen LogP contribution in [0.15, 0.2) is 24.3 Å². The Labute approximate surface area is 127 Å². The molecule has 2 atom stereocenters. The molecule has 2 rings (SSSR count). The van der Waals surface area contributed by atoms with Crippen LogP contribution in [0.3, 0.4) is 0 Å². The summed E-state index contributed by atoms with van der Waals surface area (Å²) in [5, 5.41) is 0. The third kappa shape index (κ3) is 4.21. The summed E-state index contributed by atoms with van der Waals surface area (Å²) >= 11 is 0. The molecule has 1 aliphatic heterocycles. The number of hydrogen-bond donors (Lipinski definition) is 1. The lowest BCUT2D eigenvalue weighted by Crippen LogP contribution is -2.49. The predicted octanol–water partition coefficient (Wildman–Crippen LogP) is 2.21. The van der Waals surface area contributed by atoms with E-state index in [1.807, 2.05) is 29.2 Å². The van der Waals surface area contributed by atoms with Gasteiger partial charge in [0.1, 0.15) is 5.75 Å². The van der Waals surface area contributed by atoms with Crippen LogP contribution in [-0.4, -0.2) is 37.0 Å². The van der Waals surface area contributed by atoms with Crippen LogP contribution in [0.25, 0.3) is 0 Å². The number of benzene rings is 1. The molecule has 1 aromatic rings. The van der Waals surface area contributed by atoms with Crippen molar-refractivity contribution in [3.8, 4) is 5.75 Å². The lowest BCUT2D eigenvalue weighted by atomic mass is 9.92. The number of likely N-dealkylation sites (tertiary alicyclic amines) is 1. The molecule has 0 aromatic heterocycles. The molecular weight excluding hydrogens is 264 g/mol. The van der Waals surface area contributed by atoms with Gasteiger partial charge in [0, 0.05) is 25.6 Å². The average Bonchev–Trinajstić information content (AvgIpc) is 2.52. The van der Waals surface area contributed by atoms with Crippen molar-refractivity contribution >= 4 is 5.91 Å². The Morgan fingerprint density at radius 1 is 1.38 bits per heavy atom. The maximum atomic E-state index is 12.4. The van der Waals surface area contributed by atoms with Gasteiger partial charge in [-0.1, -0.05) is 19.1 Å². The van der Waals surface area contributed by atoms with Gasteiger partial charge in [-0.15, -0.1) is 0 Å². The second kappa shape index (κ2) is 7.46.